The predicted octanol–water partition coefficient (Wildman–Crippen LogP) is 1.58. The highest BCUT2D eigenvalue weighted by molar-refractivity contribution is 5.47. The number of nitro groups is 1. The molecule has 7 heteroatoms. The van der Waals surface area contributed by atoms with E-state index >= 15 is 0 Å². The fourth-order valence-corrected chi connectivity index (χ4v) is 2.29. The molecule has 0 saturated carbocycles. The highest BCUT2D eigenvalue weighted by Crippen LogP contribution is 2.35. The van der Waals surface area contributed by atoms with Gasteiger partial charge in [-0.05, 0) is 19.4 Å². The Labute approximate surface area is 112 Å². The van der Waals surface area contributed by atoms with Gasteiger partial charge in [-0.2, -0.15) is 5.10 Å². The van der Waals surface area contributed by atoms with Crippen molar-refractivity contribution in [2.45, 2.75) is 38.7 Å². The molecule has 1 fully saturated rings. The third-order valence-electron chi connectivity index (χ3n) is 3.26. The van der Waals surface area contributed by atoms with Gasteiger partial charge in [-0.1, -0.05) is 13.8 Å². The van der Waals surface area contributed by atoms with Crippen LogP contribution in [-0.4, -0.2) is 33.9 Å². The lowest BCUT2D eigenvalue weighted by Gasteiger charge is -2.23. The number of nitrogens with one attached hydrogen (secondary N) is 1. The Balaban J connectivity index is 2.30. The van der Waals surface area contributed by atoms with Crippen molar-refractivity contribution in [3.05, 3.63) is 15.8 Å². The first-order chi connectivity index (χ1) is 9.00. The van der Waals surface area contributed by atoms with Gasteiger partial charge >= 0.3 is 5.69 Å². The average Bonchev–Trinajstić information content (AvgIpc) is 2.68. The van der Waals surface area contributed by atoms with E-state index in [-0.39, 0.29) is 23.6 Å². The molecule has 1 atom stereocenters. The minimum atomic E-state index is -0.395. The van der Waals surface area contributed by atoms with E-state index in [9.17, 15) is 10.1 Å². The minimum Gasteiger partial charge on any atom is -0.468 e. The summed E-state index contributed by atoms with van der Waals surface area (Å²) in [5, 5.41) is 18.7. The largest absolute Gasteiger partial charge is 0.468 e. The van der Waals surface area contributed by atoms with Crippen LogP contribution in [0.25, 0.3) is 0 Å². The van der Waals surface area contributed by atoms with E-state index in [1.807, 2.05) is 13.8 Å². The Morgan fingerprint density at radius 1 is 1.58 bits per heavy atom. The molecule has 2 rings (SSSR count). The van der Waals surface area contributed by atoms with Crippen LogP contribution in [0.1, 0.15) is 38.3 Å². The molecule has 1 aromatic heterocycles. The van der Waals surface area contributed by atoms with Gasteiger partial charge < -0.3 is 10.1 Å². The number of piperidine rings is 1. The van der Waals surface area contributed by atoms with E-state index < -0.39 is 4.92 Å². The van der Waals surface area contributed by atoms with E-state index in [0.717, 1.165) is 25.9 Å². The summed E-state index contributed by atoms with van der Waals surface area (Å²) in [7, 11) is 1.68. The highest BCUT2D eigenvalue weighted by atomic mass is 16.6. The summed E-state index contributed by atoms with van der Waals surface area (Å²) >= 11 is 0. The van der Waals surface area contributed by atoms with Gasteiger partial charge in [0.2, 0.25) is 0 Å². The lowest BCUT2D eigenvalue weighted by atomic mass is 10.1. The standard InChI is InChI=1S/C12H20N4O3/c1-8(2)10-11(16(17)18)12(15(3)14-10)19-9-5-4-6-13-7-9/h8-9,13H,4-7H2,1-3H3. The van der Waals surface area contributed by atoms with Gasteiger partial charge in [0.25, 0.3) is 5.88 Å². The molecule has 0 spiro atoms. The summed E-state index contributed by atoms with van der Waals surface area (Å²) in [6, 6.07) is 0. The second kappa shape index (κ2) is 5.56. The van der Waals surface area contributed by atoms with E-state index in [1.165, 1.54) is 4.68 Å². The van der Waals surface area contributed by atoms with E-state index in [4.69, 9.17) is 4.74 Å². The quantitative estimate of drug-likeness (QED) is 0.662. The van der Waals surface area contributed by atoms with Crippen molar-refractivity contribution in [3.8, 4) is 5.88 Å². The van der Waals surface area contributed by atoms with Crippen LogP contribution in [0.2, 0.25) is 0 Å². The Kier molecular flexibility index (Phi) is 4.04. The molecule has 1 N–H and O–H groups in total. The normalized spacial score (nSPS) is 19.7. The molecular formula is C12H20N4O3. The van der Waals surface area contributed by atoms with Crippen LogP contribution in [0.15, 0.2) is 0 Å². The Morgan fingerprint density at radius 2 is 2.32 bits per heavy atom. The Bertz CT molecular complexity index is 464. The van der Waals surface area contributed by atoms with Gasteiger partial charge in [-0.3, -0.25) is 10.1 Å². The fraction of sp³-hybridized carbons (Fsp3) is 0.750. The van der Waals surface area contributed by atoms with Crippen molar-refractivity contribution in [3.63, 3.8) is 0 Å². The van der Waals surface area contributed by atoms with Gasteiger partial charge in [0.05, 0.1) is 4.92 Å². The van der Waals surface area contributed by atoms with Crippen LogP contribution in [0.5, 0.6) is 5.88 Å². The Morgan fingerprint density at radius 3 is 2.84 bits per heavy atom. The molecule has 0 bridgehead atoms. The second-order valence-corrected chi connectivity index (χ2v) is 5.16. The monoisotopic (exact) mass is 268 g/mol. The second-order valence-electron chi connectivity index (χ2n) is 5.16. The molecule has 0 radical (unpaired) electrons. The summed E-state index contributed by atoms with van der Waals surface area (Å²) in [6.45, 7) is 5.48. The highest BCUT2D eigenvalue weighted by Gasteiger charge is 2.31. The fourth-order valence-electron chi connectivity index (χ4n) is 2.29. The first-order valence-electron chi connectivity index (χ1n) is 6.59. The van der Waals surface area contributed by atoms with E-state index in [1.54, 1.807) is 7.05 Å². The van der Waals surface area contributed by atoms with E-state index in [0.29, 0.717) is 5.69 Å². The van der Waals surface area contributed by atoms with Gasteiger partial charge in [0.15, 0.2) is 0 Å². The third kappa shape index (κ3) is 2.86. The number of ether oxygens (including phenoxy) is 1. The maximum Gasteiger partial charge on any atom is 0.353 e. The number of aromatic nitrogens is 2. The smallest absolute Gasteiger partial charge is 0.353 e. The SMILES string of the molecule is CC(C)c1nn(C)c(OC2CCCNC2)c1[N+](=O)[O-]. The van der Waals surface area contributed by atoms with Crippen LogP contribution in [0.4, 0.5) is 5.69 Å². The molecule has 0 aliphatic carbocycles. The molecular weight excluding hydrogens is 248 g/mol. The lowest BCUT2D eigenvalue weighted by Crippen LogP contribution is -2.37. The molecule has 1 aliphatic heterocycles. The Hall–Kier alpha value is -1.63. The van der Waals surface area contributed by atoms with Crippen molar-refractivity contribution >= 4 is 5.69 Å². The number of nitrogens with zero attached hydrogens (tertiary/aromatic N) is 3. The maximum atomic E-state index is 11.3. The molecule has 1 saturated heterocycles. The van der Waals surface area contributed by atoms with Crippen LogP contribution in [0.3, 0.4) is 0 Å². The zero-order chi connectivity index (χ0) is 14.0. The van der Waals surface area contributed by atoms with Crippen LogP contribution in [-0.2, 0) is 7.05 Å². The predicted molar refractivity (Wildman–Crippen MR) is 70.5 cm³/mol. The van der Waals surface area contributed by atoms with Crippen LogP contribution < -0.4 is 10.1 Å². The molecule has 19 heavy (non-hydrogen) atoms. The number of aryl methyl sites for hydroxylation is 1. The molecule has 7 nitrogen and oxygen atoms in total. The average molecular weight is 268 g/mol. The molecule has 106 valence electrons. The zero-order valence-corrected chi connectivity index (χ0v) is 11.5. The summed E-state index contributed by atoms with van der Waals surface area (Å²) in [5.74, 6) is 0.260. The van der Waals surface area contributed by atoms with Crippen LogP contribution >= 0.6 is 0 Å². The number of hydrogen-bond acceptors (Lipinski definition) is 5. The summed E-state index contributed by atoms with van der Waals surface area (Å²) in [4.78, 5) is 10.9. The van der Waals surface area contributed by atoms with E-state index in [2.05, 4.69) is 10.4 Å². The molecule has 0 amide bonds. The van der Waals surface area contributed by atoms with Gasteiger partial charge in [0, 0.05) is 19.5 Å². The van der Waals surface area contributed by atoms with Gasteiger partial charge in [-0.15, -0.1) is 0 Å². The van der Waals surface area contributed by atoms with Gasteiger partial charge in [0.1, 0.15) is 11.8 Å². The zero-order valence-electron chi connectivity index (χ0n) is 11.5. The molecule has 1 unspecified atom stereocenters. The topological polar surface area (TPSA) is 82.2 Å². The van der Waals surface area contributed by atoms with Crippen molar-refractivity contribution in [1.82, 2.24) is 15.1 Å². The maximum absolute atomic E-state index is 11.3. The number of hydrogen-bond donors (Lipinski definition) is 1. The van der Waals surface area contributed by atoms with Crippen molar-refractivity contribution in [1.29, 1.82) is 0 Å². The summed E-state index contributed by atoms with van der Waals surface area (Å²) < 4.78 is 7.28. The molecule has 2 heterocycles. The van der Waals surface area contributed by atoms with Crippen molar-refractivity contribution in [2.75, 3.05) is 13.1 Å². The summed E-state index contributed by atoms with van der Waals surface area (Å²) in [5.41, 5.74) is 0.481. The van der Waals surface area contributed by atoms with Crippen molar-refractivity contribution < 1.29 is 9.66 Å². The summed E-state index contributed by atoms with van der Waals surface area (Å²) in [6.07, 6.45) is 1.91. The van der Waals surface area contributed by atoms with Crippen molar-refractivity contribution in [2.24, 2.45) is 7.05 Å². The van der Waals surface area contributed by atoms with Crippen LogP contribution in [0, 0.1) is 10.1 Å². The lowest BCUT2D eigenvalue weighted by molar-refractivity contribution is -0.387. The first-order valence-corrected chi connectivity index (χ1v) is 6.59. The number of rotatable bonds is 4. The van der Waals surface area contributed by atoms with Gasteiger partial charge in [-0.25, -0.2) is 4.68 Å². The first kappa shape index (κ1) is 13.8. The minimum absolute atomic E-state index is 0.00285. The molecule has 1 aromatic rings. The third-order valence-corrected chi connectivity index (χ3v) is 3.26. The molecule has 0 aromatic carbocycles. The molecule has 1 aliphatic rings.